The average molecular weight is 314 g/mol. The number of amides is 1. The van der Waals surface area contributed by atoms with Crippen LogP contribution in [0.4, 0.5) is 0 Å². The van der Waals surface area contributed by atoms with Crippen LogP contribution in [0.1, 0.15) is 39.5 Å². The van der Waals surface area contributed by atoms with Crippen LogP contribution in [0.25, 0.3) is 0 Å². The monoisotopic (exact) mass is 313 g/mol. The molecule has 1 rings (SSSR count). The topological polar surface area (TPSA) is 49.6 Å². The quantitative estimate of drug-likeness (QED) is 0.862. The van der Waals surface area contributed by atoms with Gasteiger partial charge in [0.2, 0.25) is 5.91 Å². The molecule has 1 atom stereocenters. The van der Waals surface area contributed by atoms with E-state index in [1.807, 2.05) is 7.05 Å². The number of carbonyl (C=O) groups excluding carboxylic acids is 1. The molecule has 0 spiro atoms. The fourth-order valence-corrected chi connectivity index (χ4v) is 2.44. The number of nitrogens with two attached hydrogens (primary N) is 1. The van der Waals surface area contributed by atoms with Crippen molar-refractivity contribution in [3.05, 3.63) is 0 Å². The van der Waals surface area contributed by atoms with Crippen molar-refractivity contribution < 1.29 is 4.79 Å². The van der Waals surface area contributed by atoms with Crippen LogP contribution in [0.5, 0.6) is 0 Å². The zero-order valence-corrected chi connectivity index (χ0v) is 14.1. The molecule has 1 saturated heterocycles. The molecule has 1 aliphatic heterocycles. The maximum Gasteiger partial charge on any atom is 0.241 e. The molecule has 1 amide bonds. The van der Waals surface area contributed by atoms with Gasteiger partial charge in [0.15, 0.2) is 0 Å². The maximum absolute atomic E-state index is 11.9. The van der Waals surface area contributed by atoms with Gasteiger partial charge in [0.25, 0.3) is 0 Å². The Bertz CT molecular complexity index is 269. The van der Waals surface area contributed by atoms with E-state index in [1.165, 1.54) is 25.8 Å². The van der Waals surface area contributed by atoms with Crippen molar-refractivity contribution in [2.24, 2.45) is 5.73 Å². The molecule has 116 valence electrons. The molecule has 0 bridgehead atoms. The van der Waals surface area contributed by atoms with Gasteiger partial charge in [-0.3, -0.25) is 4.79 Å². The van der Waals surface area contributed by atoms with Gasteiger partial charge in [-0.05, 0) is 46.7 Å². The van der Waals surface area contributed by atoms with Crippen molar-refractivity contribution in [1.82, 2.24) is 9.80 Å². The Labute approximate surface area is 129 Å². The number of likely N-dealkylation sites (tertiary alicyclic amines) is 1. The molecule has 0 aromatic carbocycles. The number of rotatable bonds is 4. The molecule has 1 unspecified atom stereocenters. The maximum atomic E-state index is 11.9. The van der Waals surface area contributed by atoms with Crippen LogP contribution < -0.4 is 5.73 Å². The highest BCUT2D eigenvalue weighted by atomic mass is 35.5. The zero-order valence-electron chi connectivity index (χ0n) is 12.5. The number of nitrogens with zero attached hydrogens (tertiary/aromatic N) is 2. The van der Waals surface area contributed by atoms with Crippen molar-refractivity contribution in [3.8, 4) is 0 Å². The van der Waals surface area contributed by atoms with Gasteiger partial charge < -0.3 is 15.5 Å². The lowest BCUT2D eigenvalue weighted by Crippen LogP contribution is -2.50. The summed E-state index contributed by atoms with van der Waals surface area (Å²) in [5, 5.41) is 0. The Morgan fingerprint density at radius 1 is 1.37 bits per heavy atom. The summed E-state index contributed by atoms with van der Waals surface area (Å²) >= 11 is 0. The highest BCUT2D eigenvalue weighted by molar-refractivity contribution is 5.85. The van der Waals surface area contributed by atoms with Crippen molar-refractivity contribution in [2.45, 2.75) is 51.1 Å². The molecule has 1 aliphatic rings. The second-order valence-corrected chi connectivity index (χ2v) is 5.87. The zero-order chi connectivity index (χ0) is 13.1. The van der Waals surface area contributed by atoms with Crippen LogP contribution in [0.15, 0.2) is 0 Å². The molecule has 0 aliphatic carbocycles. The minimum absolute atomic E-state index is 0. The van der Waals surface area contributed by atoms with Crippen LogP contribution in [-0.2, 0) is 4.79 Å². The van der Waals surface area contributed by atoms with Crippen LogP contribution in [0.3, 0.4) is 0 Å². The molecule has 0 saturated carbocycles. The lowest BCUT2D eigenvalue weighted by atomic mass is 9.99. The Hall–Kier alpha value is -0.0300. The number of hydrogen-bond donors (Lipinski definition) is 1. The van der Waals surface area contributed by atoms with E-state index in [0.29, 0.717) is 6.04 Å². The second-order valence-electron chi connectivity index (χ2n) is 5.87. The fraction of sp³-hybridized carbons (Fsp3) is 0.923. The summed E-state index contributed by atoms with van der Waals surface area (Å²) in [4.78, 5) is 16.1. The molecule has 0 radical (unpaired) electrons. The normalized spacial score (nSPS) is 20.2. The first-order chi connectivity index (χ1) is 7.82. The van der Waals surface area contributed by atoms with E-state index in [2.05, 4.69) is 11.9 Å². The van der Waals surface area contributed by atoms with Gasteiger partial charge in [-0.25, -0.2) is 0 Å². The SMILES string of the molecule is CN(CCC1CCCCN1C)C(=O)C(C)(C)N.Cl.Cl. The fourth-order valence-electron chi connectivity index (χ4n) is 2.44. The predicted molar refractivity (Wildman–Crippen MR) is 85.3 cm³/mol. The van der Waals surface area contributed by atoms with Crippen molar-refractivity contribution in [3.63, 3.8) is 0 Å². The highest BCUT2D eigenvalue weighted by Gasteiger charge is 2.26. The van der Waals surface area contributed by atoms with Crippen LogP contribution in [-0.4, -0.2) is 54.5 Å². The minimum Gasteiger partial charge on any atom is -0.344 e. The minimum atomic E-state index is -0.757. The number of carbonyl (C=O) groups is 1. The molecule has 19 heavy (non-hydrogen) atoms. The number of likely N-dealkylation sites (N-methyl/N-ethyl adjacent to an activating group) is 1. The van der Waals surface area contributed by atoms with E-state index in [4.69, 9.17) is 5.73 Å². The molecular weight excluding hydrogens is 285 g/mol. The molecular formula is C13H29Cl2N3O. The van der Waals surface area contributed by atoms with Gasteiger partial charge in [-0.15, -0.1) is 24.8 Å². The summed E-state index contributed by atoms with van der Waals surface area (Å²) in [6.45, 7) is 5.51. The number of halogens is 2. The van der Waals surface area contributed by atoms with E-state index in [-0.39, 0.29) is 30.7 Å². The molecule has 0 aromatic heterocycles. The standard InChI is InChI=1S/C13H27N3O.2ClH/c1-13(2,14)12(17)16(4)10-8-11-7-5-6-9-15(11)3;;/h11H,5-10,14H2,1-4H3;2*1H. The molecule has 0 aromatic rings. The van der Waals surface area contributed by atoms with Crippen molar-refractivity contribution in [1.29, 1.82) is 0 Å². The van der Waals surface area contributed by atoms with E-state index in [1.54, 1.807) is 18.7 Å². The molecule has 6 heteroatoms. The molecule has 1 fully saturated rings. The van der Waals surface area contributed by atoms with Gasteiger partial charge in [0.05, 0.1) is 5.54 Å². The summed E-state index contributed by atoms with van der Waals surface area (Å²) in [6, 6.07) is 0.625. The molecule has 2 N–H and O–H groups in total. The molecule has 4 nitrogen and oxygen atoms in total. The third-order valence-corrected chi connectivity index (χ3v) is 3.62. The summed E-state index contributed by atoms with van der Waals surface area (Å²) in [5.74, 6) is 0.0240. The Morgan fingerprint density at radius 3 is 2.42 bits per heavy atom. The van der Waals surface area contributed by atoms with E-state index >= 15 is 0 Å². The number of hydrogen-bond acceptors (Lipinski definition) is 3. The smallest absolute Gasteiger partial charge is 0.241 e. The summed E-state index contributed by atoms with van der Waals surface area (Å²) < 4.78 is 0. The van der Waals surface area contributed by atoms with E-state index in [0.717, 1.165) is 13.0 Å². The third kappa shape index (κ3) is 6.80. The van der Waals surface area contributed by atoms with Gasteiger partial charge in [0, 0.05) is 19.6 Å². The van der Waals surface area contributed by atoms with Gasteiger partial charge in [-0.1, -0.05) is 6.42 Å². The first-order valence-corrected chi connectivity index (χ1v) is 6.57. The Kier molecular flexibility index (Phi) is 10.1. The van der Waals surface area contributed by atoms with E-state index in [9.17, 15) is 4.79 Å². The van der Waals surface area contributed by atoms with Crippen LogP contribution in [0.2, 0.25) is 0 Å². The summed E-state index contributed by atoms with van der Waals surface area (Å²) in [7, 11) is 4.03. The first kappa shape index (κ1) is 21.3. The van der Waals surface area contributed by atoms with E-state index < -0.39 is 5.54 Å². The van der Waals surface area contributed by atoms with Crippen LogP contribution in [0, 0.1) is 0 Å². The Balaban J connectivity index is 0. The summed E-state index contributed by atoms with van der Waals surface area (Å²) in [5.41, 5.74) is 5.06. The van der Waals surface area contributed by atoms with Crippen LogP contribution >= 0.6 is 24.8 Å². The van der Waals surface area contributed by atoms with Gasteiger partial charge in [-0.2, -0.15) is 0 Å². The predicted octanol–water partition coefficient (Wildman–Crippen LogP) is 1.90. The molecule has 1 heterocycles. The Morgan fingerprint density at radius 2 is 1.95 bits per heavy atom. The lowest BCUT2D eigenvalue weighted by molar-refractivity contribution is -0.134. The average Bonchev–Trinajstić information content (AvgIpc) is 2.25. The lowest BCUT2D eigenvalue weighted by Gasteiger charge is -2.34. The van der Waals surface area contributed by atoms with Crippen molar-refractivity contribution in [2.75, 3.05) is 27.2 Å². The summed E-state index contributed by atoms with van der Waals surface area (Å²) in [6.07, 6.45) is 4.92. The van der Waals surface area contributed by atoms with Crippen molar-refractivity contribution >= 4 is 30.7 Å². The highest BCUT2D eigenvalue weighted by Crippen LogP contribution is 2.18. The second kappa shape index (κ2) is 9.01. The third-order valence-electron chi connectivity index (χ3n) is 3.62. The van der Waals surface area contributed by atoms with Gasteiger partial charge >= 0.3 is 0 Å². The van der Waals surface area contributed by atoms with Gasteiger partial charge in [0.1, 0.15) is 0 Å². The number of piperidine rings is 1. The first-order valence-electron chi connectivity index (χ1n) is 6.57. The largest absolute Gasteiger partial charge is 0.344 e.